The fourth-order valence-corrected chi connectivity index (χ4v) is 3.88. The number of hydrogen-bond donors (Lipinski definition) is 1. The molecule has 1 aliphatic heterocycles. The molecule has 1 saturated carbocycles. The molecule has 1 aliphatic carbocycles. The van der Waals surface area contributed by atoms with Crippen LogP contribution in [0.15, 0.2) is 24.3 Å². The van der Waals surface area contributed by atoms with Gasteiger partial charge in [-0.25, -0.2) is 0 Å². The minimum absolute atomic E-state index is 0.000281. The lowest BCUT2D eigenvalue weighted by Crippen LogP contribution is -2.46. The molecular formula is C19H26N2O3. The molecule has 3 rings (SSSR count). The lowest BCUT2D eigenvalue weighted by Gasteiger charge is -2.33. The van der Waals surface area contributed by atoms with E-state index >= 15 is 0 Å². The van der Waals surface area contributed by atoms with Crippen molar-refractivity contribution in [2.45, 2.75) is 38.1 Å². The minimum Gasteiger partial charge on any atom is -0.497 e. The van der Waals surface area contributed by atoms with Crippen molar-refractivity contribution in [1.82, 2.24) is 4.90 Å². The molecule has 0 aromatic heterocycles. The summed E-state index contributed by atoms with van der Waals surface area (Å²) in [4.78, 5) is 27.1. The standard InChI is InChI=1S/C19H26N2O3/c1-24-15-7-5-13(6-8-15)18(22)14-9-11-21(12-10-14)19(23)16-3-2-4-17(16)20/h5-8,14,16-17H,2-4,9-12,20H2,1H3/t16-,17+/m1/s1. The Kier molecular flexibility index (Phi) is 5.19. The lowest BCUT2D eigenvalue weighted by molar-refractivity contribution is -0.137. The van der Waals surface area contributed by atoms with Crippen molar-refractivity contribution in [1.29, 1.82) is 0 Å². The minimum atomic E-state index is -0.0150. The molecule has 5 heteroatoms. The number of amides is 1. The Labute approximate surface area is 143 Å². The van der Waals surface area contributed by atoms with Gasteiger partial charge in [0.05, 0.1) is 13.0 Å². The van der Waals surface area contributed by atoms with Gasteiger partial charge >= 0.3 is 0 Å². The summed E-state index contributed by atoms with van der Waals surface area (Å²) in [6.45, 7) is 1.32. The number of Topliss-reactive ketones (excluding diaryl/α,β-unsaturated/α-hetero) is 1. The second kappa shape index (κ2) is 7.34. The van der Waals surface area contributed by atoms with Crippen molar-refractivity contribution in [3.63, 3.8) is 0 Å². The molecule has 2 N–H and O–H groups in total. The topological polar surface area (TPSA) is 72.6 Å². The number of benzene rings is 1. The third-order valence-electron chi connectivity index (χ3n) is 5.44. The average molecular weight is 330 g/mol. The zero-order valence-electron chi connectivity index (χ0n) is 14.2. The van der Waals surface area contributed by atoms with Crippen molar-refractivity contribution < 1.29 is 14.3 Å². The third-order valence-corrected chi connectivity index (χ3v) is 5.44. The molecular weight excluding hydrogens is 304 g/mol. The summed E-state index contributed by atoms with van der Waals surface area (Å²) in [5, 5.41) is 0. The van der Waals surface area contributed by atoms with Crippen LogP contribution in [0, 0.1) is 11.8 Å². The smallest absolute Gasteiger partial charge is 0.227 e. The number of rotatable bonds is 4. The number of nitrogens with zero attached hydrogens (tertiary/aromatic N) is 1. The first-order chi connectivity index (χ1) is 11.6. The van der Waals surface area contributed by atoms with Crippen molar-refractivity contribution in [2.24, 2.45) is 17.6 Å². The van der Waals surface area contributed by atoms with Gasteiger partial charge in [0.2, 0.25) is 5.91 Å². The van der Waals surface area contributed by atoms with Crippen LogP contribution in [0.4, 0.5) is 0 Å². The predicted molar refractivity (Wildman–Crippen MR) is 91.9 cm³/mol. The van der Waals surface area contributed by atoms with Crippen LogP contribution >= 0.6 is 0 Å². The molecule has 0 bridgehead atoms. The SMILES string of the molecule is COc1ccc(C(=O)C2CCN(C(=O)[C@@H]3CCC[C@@H]3N)CC2)cc1. The number of methoxy groups -OCH3 is 1. The summed E-state index contributed by atoms with van der Waals surface area (Å²) in [6.07, 6.45) is 4.37. The Morgan fingerprint density at radius 1 is 1.08 bits per heavy atom. The summed E-state index contributed by atoms with van der Waals surface area (Å²) >= 11 is 0. The summed E-state index contributed by atoms with van der Waals surface area (Å²) < 4.78 is 5.13. The molecule has 2 aliphatic rings. The monoisotopic (exact) mass is 330 g/mol. The number of ketones is 1. The van der Waals surface area contributed by atoms with E-state index in [2.05, 4.69) is 0 Å². The van der Waals surface area contributed by atoms with Crippen molar-refractivity contribution >= 4 is 11.7 Å². The second-order valence-electron chi connectivity index (χ2n) is 6.89. The summed E-state index contributed by atoms with van der Waals surface area (Å²) in [5.41, 5.74) is 6.77. The third kappa shape index (κ3) is 3.46. The molecule has 5 nitrogen and oxygen atoms in total. The molecule has 1 heterocycles. The molecule has 130 valence electrons. The van der Waals surface area contributed by atoms with Gasteiger partial charge in [-0.2, -0.15) is 0 Å². The first-order valence-electron chi connectivity index (χ1n) is 8.83. The largest absolute Gasteiger partial charge is 0.497 e. The highest BCUT2D eigenvalue weighted by Crippen LogP contribution is 2.29. The van der Waals surface area contributed by atoms with E-state index in [1.165, 1.54) is 0 Å². The zero-order chi connectivity index (χ0) is 17.1. The zero-order valence-corrected chi connectivity index (χ0v) is 14.2. The maximum atomic E-state index is 12.6. The molecule has 0 unspecified atom stereocenters. The van der Waals surface area contributed by atoms with Gasteiger partial charge in [0.15, 0.2) is 5.78 Å². The van der Waals surface area contributed by atoms with Crippen LogP contribution in [0.1, 0.15) is 42.5 Å². The summed E-state index contributed by atoms with van der Waals surface area (Å²) in [7, 11) is 1.61. The summed E-state index contributed by atoms with van der Waals surface area (Å²) in [5.74, 6) is 1.09. The molecule has 2 atom stereocenters. The van der Waals surface area contributed by atoms with Crippen LogP contribution < -0.4 is 10.5 Å². The van der Waals surface area contributed by atoms with Crippen LogP contribution in [0.5, 0.6) is 5.75 Å². The van der Waals surface area contributed by atoms with Gasteiger partial charge in [-0.05, 0) is 49.9 Å². The van der Waals surface area contributed by atoms with Gasteiger partial charge in [-0.3, -0.25) is 9.59 Å². The van der Waals surface area contributed by atoms with E-state index < -0.39 is 0 Å². The van der Waals surface area contributed by atoms with E-state index in [1.807, 2.05) is 29.2 Å². The van der Waals surface area contributed by atoms with Crippen LogP contribution in [-0.4, -0.2) is 42.8 Å². The van der Waals surface area contributed by atoms with E-state index in [-0.39, 0.29) is 29.6 Å². The van der Waals surface area contributed by atoms with Gasteiger partial charge in [0.1, 0.15) is 5.75 Å². The fraction of sp³-hybridized carbons (Fsp3) is 0.579. The van der Waals surface area contributed by atoms with Gasteiger partial charge < -0.3 is 15.4 Å². The summed E-state index contributed by atoms with van der Waals surface area (Å²) in [6, 6.07) is 7.27. The predicted octanol–water partition coefficient (Wildman–Crippen LogP) is 2.24. The van der Waals surface area contributed by atoms with Gasteiger partial charge in [-0.1, -0.05) is 6.42 Å². The number of nitrogens with two attached hydrogens (primary N) is 1. The lowest BCUT2D eigenvalue weighted by atomic mass is 9.88. The molecule has 1 aromatic rings. The number of hydrogen-bond acceptors (Lipinski definition) is 4. The van der Waals surface area contributed by atoms with Crippen molar-refractivity contribution in [3.8, 4) is 5.75 Å². The number of ether oxygens (including phenoxy) is 1. The van der Waals surface area contributed by atoms with Gasteiger partial charge in [0, 0.05) is 30.6 Å². The highest BCUT2D eigenvalue weighted by atomic mass is 16.5. The van der Waals surface area contributed by atoms with Gasteiger partial charge in [0.25, 0.3) is 0 Å². The number of piperidine rings is 1. The fourth-order valence-electron chi connectivity index (χ4n) is 3.88. The molecule has 1 aromatic carbocycles. The first-order valence-corrected chi connectivity index (χ1v) is 8.83. The van der Waals surface area contributed by atoms with Crippen LogP contribution in [0.25, 0.3) is 0 Å². The second-order valence-corrected chi connectivity index (χ2v) is 6.89. The Hall–Kier alpha value is -1.88. The Morgan fingerprint density at radius 3 is 2.29 bits per heavy atom. The average Bonchev–Trinajstić information content (AvgIpc) is 3.06. The van der Waals surface area contributed by atoms with Crippen LogP contribution in [-0.2, 0) is 4.79 Å². The van der Waals surface area contributed by atoms with Gasteiger partial charge in [-0.15, -0.1) is 0 Å². The number of carbonyl (C=O) groups is 2. The Morgan fingerprint density at radius 2 is 1.75 bits per heavy atom. The van der Waals surface area contributed by atoms with Crippen molar-refractivity contribution in [3.05, 3.63) is 29.8 Å². The number of likely N-dealkylation sites (tertiary alicyclic amines) is 1. The molecule has 1 saturated heterocycles. The van der Waals surface area contributed by atoms with E-state index in [0.717, 1.165) is 43.4 Å². The Bertz CT molecular complexity index is 591. The van der Waals surface area contributed by atoms with E-state index in [0.29, 0.717) is 13.1 Å². The van der Waals surface area contributed by atoms with Crippen molar-refractivity contribution in [2.75, 3.05) is 20.2 Å². The van der Waals surface area contributed by atoms with Crippen LogP contribution in [0.2, 0.25) is 0 Å². The molecule has 0 radical (unpaired) electrons. The van der Waals surface area contributed by atoms with E-state index in [4.69, 9.17) is 10.5 Å². The van der Waals surface area contributed by atoms with Crippen LogP contribution in [0.3, 0.4) is 0 Å². The maximum absolute atomic E-state index is 12.6. The van der Waals surface area contributed by atoms with E-state index in [1.54, 1.807) is 7.11 Å². The molecule has 0 spiro atoms. The maximum Gasteiger partial charge on any atom is 0.227 e. The highest BCUT2D eigenvalue weighted by Gasteiger charge is 2.35. The molecule has 1 amide bonds. The molecule has 24 heavy (non-hydrogen) atoms. The first kappa shape index (κ1) is 17.0. The molecule has 2 fully saturated rings. The quantitative estimate of drug-likeness (QED) is 0.860. The number of carbonyl (C=O) groups excluding carboxylic acids is 2. The van der Waals surface area contributed by atoms with E-state index in [9.17, 15) is 9.59 Å². The normalized spacial score (nSPS) is 24.8. The Balaban J connectivity index is 1.56. The highest BCUT2D eigenvalue weighted by molar-refractivity contribution is 5.98.